The first-order chi connectivity index (χ1) is 15.9. The average molecular weight is 452 g/mol. The second kappa shape index (κ2) is 8.64. The van der Waals surface area contributed by atoms with E-state index < -0.39 is 11.9 Å². The van der Waals surface area contributed by atoms with Crippen molar-refractivity contribution in [1.29, 1.82) is 0 Å². The lowest BCUT2D eigenvalue weighted by atomic mass is 9.86. The summed E-state index contributed by atoms with van der Waals surface area (Å²) in [4.78, 5) is 7.40. The number of nitrogens with zero attached hydrogens (tertiary/aromatic N) is 3. The third kappa shape index (κ3) is 3.78. The standard InChI is InChI=1S/C27H34FN3O2/c1-16-6-5-7-19(14-16)31-23-12-11-22-20(10-8-17(2)30(22)3)25(23)29-27(31)26(32)18-9-13-24(33-4)21(28)15-18/h9,11-13,15-17,19,26,32H,5-8,10,14H2,1-4H3. The monoisotopic (exact) mass is 451 g/mol. The summed E-state index contributed by atoms with van der Waals surface area (Å²) in [6.07, 6.45) is 5.59. The Morgan fingerprint density at radius 1 is 1.15 bits per heavy atom. The highest BCUT2D eigenvalue weighted by atomic mass is 19.1. The van der Waals surface area contributed by atoms with E-state index >= 15 is 0 Å². The van der Waals surface area contributed by atoms with E-state index in [-0.39, 0.29) is 11.8 Å². The van der Waals surface area contributed by atoms with Gasteiger partial charge in [0.1, 0.15) is 11.9 Å². The van der Waals surface area contributed by atoms with E-state index in [4.69, 9.17) is 9.72 Å². The first-order valence-electron chi connectivity index (χ1n) is 12.2. The zero-order chi connectivity index (χ0) is 23.3. The van der Waals surface area contributed by atoms with E-state index in [1.807, 2.05) is 0 Å². The molecule has 176 valence electrons. The van der Waals surface area contributed by atoms with Crippen LogP contribution in [0.3, 0.4) is 0 Å². The van der Waals surface area contributed by atoms with Crippen LogP contribution in [0.4, 0.5) is 10.1 Å². The van der Waals surface area contributed by atoms with Crippen LogP contribution in [0.15, 0.2) is 30.3 Å². The van der Waals surface area contributed by atoms with E-state index in [2.05, 4.69) is 42.5 Å². The van der Waals surface area contributed by atoms with Crippen molar-refractivity contribution in [2.45, 2.75) is 70.6 Å². The molecule has 0 radical (unpaired) electrons. The number of aromatic nitrogens is 2. The van der Waals surface area contributed by atoms with Crippen molar-refractivity contribution in [3.63, 3.8) is 0 Å². The molecule has 0 amide bonds. The molecule has 2 heterocycles. The van der Waals surface area contributed by atoms with Gasteiger partial charge in [-0.3, -0.25) is 0 Å². The number of aliphatic hydroxyl groups excluding tert-OH is 1. The number of hydrogen-bond donors (Lipinski definition) is 1. The molecule has 1 aromatic heterocycles. The SMILES string of the molecule is COc1ccc(C(O)c2nc3c4c(ccc3n2C2CCCC(C)C2)N(C)C(C)CC4)cc1F. The van der Waals surface area contributed by atoms with Crippen LogP contribution in [0.25, 0.3) is 11.0 Å². The molecule has 5 rings (SSSR count). The van der Waals surface area contributed by atoms with Gasteiger partial charge in [-0.1, -0.05) is 25.8 Å². The van der Waals surface area contributed by atoms with Gasteiger partial charge < -0.3 is 19.3 Å². The zero-order valence-corrected chi connectivity index (χ0v) is 20.0. The Kier molecular flexibility index (Phi) is 5.81. The van der Waals surface area contributed by atoms with Gasteiger partial charge in [0.15, 0.2) is 11.6 Å². The number of benzene rings is 2. The van der Waals surface area contributed by atoms with Crippen molar-refractivity contribution in [3.05, 3.63) is 53.1 Å². The molecule has 1 aliphatic heterocycles. The molecule has 0 saturated heterocycles. The number of aliphatic hydroxyl groups is 1. The Bertz CT molecular complexity index is 1170. The van der Waals surface area contributed by atoms with E-state index in [9.17, 15) is 9.50 Å². The van der Waals surface area contributed by atoms with Crippen LogP contribution in [0.5, 0.6) is 5.75 Å². The number of hydrogen-bond acceptors (Lipinski definition) is 4. The molecule has 3 aromatic rings. The Balaban J connectivity index is 1.68. The minimum absolute atomic E-state index is 0.173. The predicted molar refractivity (Wildman–Crippen MR) is 130 cm³/mol. The summed E-state index contributed by atoms with van der Waals surface area (Å²) in [5, 5.41) is 11.5. The van der Waals surface area contributed by atoms with Gasteiger partial charge in [0.05, 0.1) is 18.1 Å². The number of ether oxygens (including phenoxy) is 1. The number of fused-ring (bicyclic) bond motifs is 3. The molecule has 33 heavy (non-hydrogen) atoms. The maximum absolute atomic E-state index is 14.5. The Morgan fingerprint density at radius 3 is 2.70 bits per heavy atom. The number of rotatable bonds is 4. The van der Waals surface area contributed by atoms with Gasteiger partial charge in [0, 0.05) is 30.4 Å². The maximum atomic E-state index is 14.5. The quantitative estimate of drug-likeness (QED) is 0.546. The third-order valence-corrected chi connectivity index (χ3v) is 7.83. The molecule has 5 nitrogen and oxygen atoms in total. The van der Waals surface area contributed by atoms with Gasteiger partial charge in [-0.05, 0) is 68.4 Å². The van der Waals surface area contributed by atoms with Crippen molar-refractivity contribution < 1.29 is 14.2 Å². The second-order valence-corrected chi connectivity index (χ2v) is 9.99. The average Bonchev–Trinajstić information content (AvgIpc) is 3.20. The smallest absolute Gasteiger partial charge is 0.165 e. The van der Waals surface area contributed by atoms with Crippen LogP contribution in [-0.2, 0) is 6.42 Å². The lowest BCUT2D eigenvalue weighted by Crippen LogP contribution is -2.33. The molecule has 1 saturated carbocycles. The highest BCUT2D eigenvalue weighted by Gasteiger charge is 2.31. The topological polar surface area (TPSA) is 50.5 Å². The number of halogens is 1. The summed E-state index contributed by atoms with van der Waals surface area (Å²) in [7, 11) is 3.59. The summed E-state index contributed by atoms with van der Waals surface area (Å²) >= 11 is 0. The first kappa shape index (κ1) is 22.2. The molecule has 0 spiro atoms. The fourth-order valence-corrected chi connectivity index (χ4v) is 5.80. The van der Waals surface area contributed by atoms with Gasteiger partial charge in [-0.2, -0.15) is 0 Å². The number of methoxy groups -OCH3 is 1. The van der Waals surface area contributed by atoms with Crippen LogP contribution >= 0.6 is 0 Å². The fourth-order valence-electron chi connectivity index (χ4n) is 5.80. The molecule has 2 aromatic carbocycles. The Hall–Kier alpha value is -2.60. The zero-order valence-electron chi connectivity index (χ0n) is 20.0. The normalized spacial score (nSPS) is 24.1. The molecule has 1 aliphatic carbocycles. The molecule has 1 N–H and O–H groups in total. The van der Waals surface area contributed by atoms with E-state index in [1.165, 1.54) is 37.3 Å². The van der Waals surface area contributed by atoms with Crippen molar-refractivity contribution in [3.8, 4) is 5.75 Å². The Morgan fingerprint density at radius 2 is 1.97 bits per heavy atom. The number of imidazole rings is 1. The lowest BCUT2D eigenvalue weighted by molar-refractivity contribution is 0.192. The van der Waals surface area contributed by atoms with Crippen LogP contribution in [-0.4, -0.2) is 34.9 Å². The van der Waals surface area contributed by atoms with Crippen LogP contribution in [0.2, 0.25) is 0 Å². The third-order valence-electron chi connectivity index (χ3n) is 7.83. The largest absolute Gasteiger partial charge is 0.494 e. The Labute approximate surface area is 195 Å². The van der Waals surface area contributed by atoms with Gasteiger partial charge in [-0.15, -0.1) is 0 Å². The first-order valence-corrected chi connectivity index (χ1v) is 12.2. The van der Waals surface area contributed by atoms with Crippen LogP contribution < -0.4 is 9.64 Å². The summed E-state index contributed by atoms with van der Waals surface area (Å²) in [5.41, 5.74) is 5.03. The van der Waals surface area contributed by atoms with Crippen molar-refractivity contribution in [2.24, 2.45) is 5.92 Å². The van der Waals surface area contributed by atoms with Gasteiger partial charge >= 0.3 is 0 Å². The van der Waals surface area contributed by atoms with Crippen molar-refractivity contribution in [1.82, 2.24) is 9.55 Å². The summed E-state index contributed by atoms with van der Waals surface area (Å²) in [6, 6.07) is 9.81. The molecule has 1 fully saturated rings. The highest BCUT2D eigenvalue weighted by molar-refractivity contribution is 5.86. The van der Waals surface area contributed by atoms with Crippen molar-refractivity contribution >= 4 is 16.7 Å². The summed E-state index contributed by atoms with van der Waals surface area (Å²) in [5.74, 6) is 0.945. The number of anilines is 1. The summed E-state index contributed by atoms with van der Waals surface area (Å²) in [6.45, 7) is 4.56. The maximum Gasteiger partial charge on any atom is 0.165 e. The van der Waals surface area contributed by atoms with E-state index in [1.54, 1.807) is 12.1 Å². The van der Waals surface area contributed by atoms with E-state index in [0.717, 1.165) is 36.7 Å². The van der Waals surface area contributed by atoms with Crippen LogP contribution in [0.1, 0.15) is 75.0 Å². The van der Waals surface area contributed by atoms with Crippen molar-refractivity contribution in [2.75, 3.05) is 19.1 Å². The molecular formula is C27H34FN3O2. The summed E-state index contributed by atoms with van der Waals surface area (Å²) < 4.78 is 21.8. The van der Waals surface area contributed by atoms with Gasteiger partial charge in [0.25, 0.3) is 0 Å². The molecule has 6 heteroatoms. The molecule has 4 unspecified atom stereocenters. The second-order valence-electron chi connectivity index (χ2n) is 9.99. The number of aryl methyl sites for hydroxylation is 1. The van der Waals surface area contributed by atoms with Gasteiger partial charge in [-0.25, -0.2) is 9.37 Å². The molecule has 0 bridgehead atoms. The predicted octanol–water partition coefficient (Wildman–Crippen LogP) is 5.79. The highest BCUT2D eigenvalue weighted by Crippen LogP contribution is 2.41. The fraction of sp³-hybridized carbons (Fsp3) is 0.519. The lowest BCUT2D eigenvalue weighted by Gasteiger charge is -2.34. The molecule has 4 atom stereocenters. The van der Waals surface area contributed by atoms with Crippen LogP contribution in [0, 0.1) is 11.7 Å². The van der Waals surface area contributed by atoms with E-state index in [0.29, 0.717) is 23.3 Å². The van der Waals surface area contributed by atoms with Gasteiger partial charge in [0.2, 0.25) is 0 Å². The molecular weight excluding hydrogens is 417 g/mol. The minimum atomic E-state index is -1.01. The molecule has 2 aliphatic rings. The minimum Gasteiger partial charge on any atom is -0.494 e.